The molecule has 0 aromatic heterocycles. The minimum absolute atomic E-state index is 0.112. The zero-order valence-corrected chi connectivity index (χ0v) is 12.7. The summed E-state index contributed by atoms with van der Waals surface area (Å²) in [5.41, 5.74) is 3.12. The van der Waals surface area contributed by atoms with Crippen molar-refractivity contribution in [2.75, 3.05) is 7.05 Å². The number of nitrogens with one attached hydrogen (secondary N) is 1. The summed E-state index contributed by atoms with van der Waals surface area (Å²) in [6.07, 6.45) is 0. The smallest absolute Gasteiger partial charge is 0.142 e. The highest BCUT2D eigenvalue weighted by atomic mass is 35.5. The molecule has 0 spiro atoms. The second kappa shape index (κ2) is 6.38. The largest absolute Gasteiger partial charge is 0.309 e. The Balaban J connectivity index is 2.39. The Bertz CT molecular complexity index is 578. The Morgan fingerprint density at radius 2 is 1.60 bits per heavy atom. The fourth-order valence-corrected chi connectivity index (χ4v) is 2.55. The van der Waals surface area contributed by atoms with E-state index in [0.29, 0.717) is 5.92 Å². The monoisotopic (exact) mass is 291 g/mol. The standard InChI is InChI=1S/C17H19ClFN/c1-11(2)12-7-9-13(10-8-12)17(20-3)14-5-4-6-15(19)16(14)18/h4-11,17,20H,1-3H3. The van der Waals surface area contributed by atoms with Gasteiger partial charge in [-0.3, -0.25) is 0 Å². The molecule has 2 aromatic rings. The maximum atomic E-state index is 13.6. The zero-order chi connectivity index (χ0) is 14.7. The molecule has 1 nitrogen and oxygen atoms in total. The summed E-state index contributed by atoms with van der Waals surface area (Å²) in [4.78, 5) is 0. The van der Waals surface area contributed by atoms with Crippen molar-refractivity contribution in [1.29, 1.82) is 0 Å². The fraction of sp³-hybridized carbons (Fsp3) is 0.294. The van der Waals surface area contributed by atoms with Gasteiger partial charge in [-0.05, 0) is 35.7 Å². The van der Waals surface area contributed by atoms with Gasteiger partial charge in [-0.2, -0.15) is 0 Å². The van der Waals surface area contributed by atoms with Crippen LogP contribution in [0, 0.1) is 5.82 Å². The Morgan fingerprint density at radius 3 is 2.15 bits per heavy atom. The molecule has 2 aromatic carbocycles. The van der Waals surface area contributed by atoms with Crippen LogP contribution in [0.3, 0.4) is 0 Å². The van der Waals surface area contributed by atoms with Crippen LogP contribution in [0.5, 0.6) is 0 Å². The molecule has 0 aliphatic carbocycles. The van der Waals surface area contributed by atoms with E-state index in [9.17, 15) is 4.39 Å². The van der Waals surface area contributed by atoms with Crippen molar-refractivity contribution in [1.82, 2.24) is 5.32 Å². The van der Waals surface area contributed by atoms with E-state index in [1.54, 1.807) is 6.07 Å². The first-order chi connectivity index (χ1) is 9.54. The molecule has 0 bridgehead atoms. The summed E-state index contributed by atoms with van der Waals surface area (Å²) < 4.78 is 13.6. The van der Waals surface area contributed by atoms with E-state index in [4.69, 9.17) is 11.6 Å². The first-order valence-electron chi connectivity index (χ1n) is 6.75. The van der Waals surface area contributed by atoms with Gasteiger partial charge in [0.15, 0.2) is 0 Å². The van der Waals surface area contributed by atoms with Gasteiger partial charge in [-0.15, -0.1) is 0 Å². The van der Waals surface area contributed by atoms with Crippen LogP contribution in [0.2, 0.25) is 5.02 Å². The van der Waals surface area contributed by atoms with Crippen LogP contribution in [0.15, 0.2) is 42.5 Å². The number of rotatable bonds is 4. The lowest BCUT2D eigenvalue weighted by Crippen LogP contribution is -2.18. The minimum atomic E-state index is -0.386. The van der Waals surface area contributed by atoms with E-state index < -0.39 is 0 Å². The Labute approximate surface area is 124 Å². The Morgan fingerprint density at radius 1 is 1.00 bits per heavy atom. The molecule has 0 aliphatic heterocycles. The molecule has 1 atom stereocenters. The van der Waals surface area contributed by atoms with E-state index in [0.717, 1.165) is 11.1 Å². The van der Waals surface area contributed by atoms with Gasteiger partial charge in [-0.1, -0.05) is 61.8 Å². The second-order valence-electron chi connectivity index (χ2n) is 5.19. The first-order valence-corrected chi connectivity index (χ1v) is 7.13. The zero-order valence-electron chi connectivity index (χ0n) is 12.0. The summed E-state index contributed by atoms with van der Waals surface area (Å²) in [6.45, 7) is 4.32. The molecule has 2 rings (SSSR count). The molecule has 0 radical (unpaired) electrons. The molecule has 0 fully saturated rings. The number of hydrogen-bond donors (Lipinski definition) is 1. The molecular formula is C17H19ClFN. The van der Waals surface area contributed by atoms with Gasteiger partial charge in [0, 0.05) is 0 Å². The van der Waals surface area contributed by atoms with Gasteiger partial charge in [0.2, 0.25) is 0 Å². The topological polar surface area (TPSA) is 12.0 Å². The minimum Gasteiger partial charge on any atom is -0.309 e. The Hall–Kier alpha value is -1.38. The van der Waals surface area contributed by atoms with Crippen LogP contribution in [0.1, 0.15) is 42.5 Å². The predicted octanol–water partition coefficient (Wildman–Crippen LogP) is 4.91. The lowest BCUT2D eigenvalue weighted by Gasteiger charge is -2.19. The highest BCUT2D eigenvalue weighted by molar-refractivity contribution is 6.31. The van der Waals surface area contributed by atoms with Gasteiger partial charge in [-0.25, -0.2) is 4.39 Å². The van der Waals surface area contributed by atoms with Gasteiger partial charge < -0.3 is 5.32 Å². The number of benzene rings is 2. The molecule has 1 N–H and O–H groups in total. The second-order valence-corrected chi connectivity index (χ2v) is 5.56. The molecule has 0 saturated heterocycles. The molecule has 0 amide bonds. The Kier molecular flexibility index (Phi) is 4.79. The van der Waals surface area contributed by atoms with Crippen molar-refractivity contribution >= 4 is 11.6 Å². The maximum absolute atomic E-state index is 13.6. The van der Waals surface area contributed by atoms with Crippen molar-refractivity contribution in [3.63, 3.8) is 0 Å². The third kappa shape index (κ3) is 3.02. The lowest BCUT2D eigenvalue weighted by molar-refractivity contribution is 0.617. The molecule has 0 saturated carbocycles. The third-order valence-corrected chi connectivity index (χ3v) is 3.92. The highest BCUT2D eigenvalue weighted by Crippen LogP contribution is 2.30. The summed E-state index contributed by atoms with van der Waals surface area (Å²) in [7, 11) is 1.85. The molecule has 106 valence electrons. The summed E-state index contributed by atoms with van der Waals surface area (Å²) >= 11 is 6.08. The predicted molar refractivity (Wildman–Crippen MR) is 82.8 cm³/mol. The van der Waals surface area contributed by atoms with Crippen LogP contribution in [-0.2, 0) is 0 Å². The molecular weight excluding hydrogens is 273 g/mol. The van der Waals surface area contributed by atoms with Gasteiger partial charge in [0.05, 0.1) is 11.1 Å². The number of hydrogen-bond acceptors (Lipinski definition) is 1. The normalized spacial score (nSPS) is 12.7. The SMILES string of the molecule is CNC(c1ccc(C(C)C)cc1)c1cccc(F)c1Cl. The summed E-state index contributed by atoms with van der Waals surface area (Å²) in [5.74, 6) is 0.109. The van der Waals surface area contributed by atoms with Crippen LogP contribution >= 0.6 is 11.6 Å². The first kappa shape index (κ1) is 15.0. The van der Waals surface area contributed by atoms with E-state index in [1.807, 2.05) is 13.1 Å². The fourth-order valence-electron chi connectivity index (χ4n) is 2.32. The quantitative estimate of drug-likeness (QED) is 0.844. The van der Waals surface area contributed by atoms with Gasteiger partial charge in [0.25, 0.3) is 0 Å². The highest BCUT2D eigenvalue weighted by Gasteiger charge is 2.17. The summed E-state index contributed by atoms with van der Waals surface area (Å²) in [6, 6.07) is 13.1. The van der Waals surface area contributed by atoms with Gasteiger partial charge >= 0.3 is 0 Å². The van der Waals surface area contributed by atoms with Crippen molar-refractivity contribution in [2.24, 2.45) is 0 Å². The third-order valence-electron chi connectivity index (χ3n) is 3.52. The van der Waals surface area contributed by atoms with Crippen molar-refractivity contribution < 1.29 is 4.39 Å². The average molecular weight is 292 g/mol. The van der Waals surface area contributed by atoms with E-state index in [2.05, 4.69) is 43.4 Å². The number of halogens is 2. The molecule has 3 heteroatoms. The lowest BCUT2D eigenvalue weighted by atomic mass is 9.95. The van der Waals surface area contributed by atoms with E-state index in [1.165, 1.54) is 11.6 Å². The van der Waals surface area contributed by atoms with Crippen molar-refractivity contribution in [3.05, 3.63) is 70.0 Å². The molecule has 0 heterocycles. The van der Waals surface area contributed by atoms with Crippen LogP contribution < -0.4 is 5.32 Å². The van der Waals surface area contributed by atoms with Crippen LogP contribution in [0.25, 0.3) is 0 Å². The van der Waals surface area contributed by atoms with Crippen LogP contribution in [0.4, 0.5) is 4.39 Å². The summed E-state index contributed by atoms with van der Waals surface area (Å²) in [5, 5.41) is 3.38. The molecule has 20 heavy (non-hydrogen) atoms. The van der Waals surface area contributed by atoms with Crippen LogP contribution in [-0.4, -0.2) is 7.05 Å². The van der Waals surface area contributed by atoms with Crippen molar-refractivity contribution in [3.8, 4) is 0 Å². The van der Waals surface area contributed by atoms with Crippen molar-refractivity contribution in [2.45, 2.75) is 25.8 Å². The molecule has 1 unspecified atom stereocenters. The maximum Gasteiger partial charge on any atom is 0.142 e. The average Bonchev–Trinajstić information content (AvgIpc) is 2.45. The van der Waals surface area contributed by atoms with E-state index in [-0.39, 0.29) is 16.9 Å². The van der Waals surface area contributed by atoms with E-state index >= 15 is 0 Å². The van der Waals surface area contributed by atoms with Gasteiger partial charge in [0.1, 0.15) is 5.82 Å². The molecule has 0 aliphatic rings.